The number of hydrogen-bond acceptors (Lipinski definition) is 4. The Kier molecular flexibility index (Phi) is 3.41. The van der Waals surface area contributed by atoms with Gasteiger partial charge in [0.2, 0.25) is 0 Å². The quantitative estimate of drug-likeness (QED) is 0.770. The van der Waals surface area contributed by atoms with Crippen LogP contribution in [0.5, 0.6) is 0 Å². The molecule has 0 saturated carbocycles. The molecule has 0 spiro atoms. The lowest BCUT2D eigenvalue weighted by atomic mass is 9.97. The number of carbonyl (C=O) groups excluding carboxylic acids is 1. The van der Waals surface area contributed by atoms with E-state index in [1.807, 2.05) is 0 Å². The van der Waals surface area contributed by atoms with E-state index in [4.69, 9.17) is 17.3 Å². The molecule has 86 valence electrons. The molecule has 0 amide bonds. The Morgan fingerprint density at radius 1 is 1.56 bits per heavy atom. The van der Waals surface area contributed by atoms with Crippen molar-refractivity contribution in [3.63, 3.8) is 0 Å². The van der Waals surface area contributed by atoms with E-state index in [0.717, 1.165) is 25.8 Å². The fraction of sp³-hybridized carbons (Fsp3) is 0.455. The first kappa shape index (κ1) is 11.4. The number of nitrogen functional groups attached to an aromatic ring is 1. The molecule has 0 aliphatic carbocycles. The van der Waals surface area contributed by atoms with Crippen molar-refractivity contribution in [2.45, 2.75) is 25.3 Å². The molecule has 3 N–H and O–H groups in total. The first-order valence-electron chi connectivity index (χ1n) is 5.37. The molecule has 0 radical (unpaired) electrons. The van der Waals surface area contributed by atoms with E-state index in [-0.39, 0.29) is 17.6 Å². The van der Waals surface area contributed by atoms with E-state index in [1.54, 1.807) is 6.07 Å². The summed E-state index contributed by atoms with van der Waals surface area (Å²) in [4.78, 5) is 16.0. The highest BCUT2D eigenvalue weighted by Gasteiger charge is 2.23. The zero-order valence-corrected chi connectivity index (χ0v) is 9.63. The number of halogens is 1. The summed E-state index contributed by atoms with van der Waals surface area (Å²) in [6.45, 7) is 0.879. The smallest absolute Gasteiger partial charge is 0.183 e. The van der Waals surface area contributed by atoms with Gasteiger partial charge in [-0.3, -0.25) is 4.79 Å². The third-order valence-electron chi connectivity index (χ3n) is 2.78. The predicted molar refractivity (Wildman–Crippen MR) is 63.6 cm³/mol. The third kappa shape index (κ3) is 2.33. The molecule has 1 atom stereocenters. The van der Waals surface area contributed by atoms with Crippen molar-refractivity contribution in [2.75, 3.05) is 12.3 Å². The standard InChI is InChI=1S/C11H14ClN3O/c12-7-5-8(11(13)15-6-7)10(16)9-3-1-2-4-14-9/h5-6,9,14H,1-4H2,(H2,13,15). The second-order valence-corrected chi connectivity index (χ2v) is 4.39. The molecule has 4 nitrogen and oxygen atoms in total. The van der Waals surface area contributed by atoms with Gasteiger partial charge in [-0.05, 0) is 25.5 Å². The minimum absolute atomic E-state index is 0.00722. The second-order valence-electron chi connectivity index (χ2n) is 3.95. The molecule has 2 heterocycles. The zero-order valence-electron chi connectivity index (χ0n) is 8.87. The summed E-state index contributed by atoms with van der Waals surface area (Å²) >= 11 is 5.81. The van der Waals surface area contributed by atoms with Crippen LogP contribution in [-0.2, 0) is 0 Å². The predicted octanol–water partition coefficient (Wildman–Crippen LogP) is 1.64. The van der Waals surface area contributed by atoms with Gasteiger partial charge < -0.3 is 11.1 Å². The number of nitrogens with two attached hydrogens (primary N) is 1. The van der Waals surface area contributed by atoms with E-state index < -0.39 is 0 Å². The van der Waals surface area contributed by atoms with E-state index in [1.165, 1.54) is 6.20 Å². The third-order valence-corrected chi connectivity index (χ3v) is 2.98. The normalized spacial score (nSPS) is 20.7. The van der Waals surface area contributed by atoms with Crippen LogP contribution in [0.25, 0.3) is 0 Å². The van der Waals surface area contributed by atoms with Crippen molar-refractivity contribution in [1.29, 1.82) is 0 Å². The summed E-state index contributed by atoms with van der Waals surface area (Å²) in [5.74, 6) is 0.244. The Labute approximate surface area is 99.2 Å². The van der Waals surface area contributed by atoms with E-state index in [2.05, 4.69) is 10.3 Å². The van der Waals surface area contributed by atoms with Crippen LogP contribution in [0.15, 0.2) is 12.3 Å². The zero-order chi connectivity index (χ0) is 11.5. The summed E-state index contributed by atoms with van der Waals surface area (Å²) in [6.07, 6.45) is 4.48. The van der Waals surface area contributed by atoms with E-state index >= 15 is 0 Å². The summed E-state index contributed by atoms with van der Waals surface area (Å²) in [5.41, 5.74) is 6.10. The minimum Gasteiger partial charge on any atom is -0.383 e. The molecule has 1 aromatic rings. The lowest BCUT2D eigenvalue weighted by molar-refractivity contribution is 0.0928. The lowest BCUT2D eigenvalue weighted by Crippen LogP contribution is -2.40. The number of nitrogens with zero attached hydrogens (tertiary/aromatic N) is 1. The van der Waals surface area contributed by atoms with Gasteiger partial charge in [0.05, 0.1) is 16.6 Å². The maximum atomic E-state index is 12.1. The van der Waals surface area contributed by atoms with Crippen LogP contribution in [-0.4, -0.2) is 23.4 Å². The summed E-state index contributed by atoms with van der Waals surface area (Å²) in [5, 5.41) is 3.63. The minimum atomic E-state index is -0.142. The SMILES string of the molecule is Nc1ncc(Cl)cc1C(=O)C1CCCCN1. The first-order chi connectivity index (χ1) is 7.68. The van der Waals surface area contributed by atoms with Crippen LogP contribution in [0.1, 0.15) is 29.6 Å². The largest absolute Gasteiger partial charge is 0.383 e. The average Bonchev–Trinajstić information content (AvgIpc) is 2.32. The molecule has 1 fully saturated rings. The van der Waals surface area contributed by atoms with Gasteiger partial charge in [-0.1, -0.05) is 18.0 Å². The number of hydrogen-bond donors (Lipinski definition) is 2. The number of piperidine rings is 1. The van der Waals surface area contributed by atoms with Gasteiger partial charge in [-0.2, -0.15) is 0 Å². The van der Waals surface area contributed by atoms with E-state index in [9.17, 15) is 4.79 Å². The van der Waals surface area contributed by atoms with Gasteiger partial charge in [-0.15, -0.1) is 0 Å². The van der Waals surface area contributed by atoms with Crippen LogP contribution < -0.4 is 11.1 Å². The number of anilines is 1. The van der Waals surface area contributed by atoms with Crippen molar-refractivity contribution in [3.8, 4) is 0 Å². The molecule has 0 aromatic carbocycles. The molecule has 1 aliphatic heterocycles. The van der Waals surface area contributed by atoms with E-state index in [0.29, 0.717) is 10.6 Å². The van der Waals surface area contributed by atoms with Crippen LogP contribution in [0.4, 0.5) is 5.82 Å². The number of carbonyl (C=O) groups is 1. The Balaban J connectivity index is 2.22. The number of ketones is 1. The van der Waals surface area contributed by atoms with Crippen LogP contribution in [0, 0.1) is 0 Å². The van der Waals surface area contributed by atoms with Gasteiger partial charge in [0.15, 0.2) is 5.78 Å². The number of rotatable bonds is 2. The molecule has 1 aliphatic rings. The maximum Gasteiger partial charge on any atom is 0.183 e. The van der Waals surface area contributed by atoms with Crippen LogP contribution >= 0.6 is 11.6 Å². The van der Waals surface area contributed by atoms with Crippen molar-refractivity contribution in [1.82, 2.24) is 10.3 Å². The number of pyridine rings is 1. The summed E-state index contributed by atoms with van der Waals surface area (Å²) in [6, 6.07) is 1.44. The van der Waals surface area contributed by atoms with Gasteiger partial charge in [0.25, 0.3) is 0 Å². The molecule has 5 heteroatoms. The topological polar surface area (TPSA) is 68.0 Å². The Morgan fingerprint density at radius 3 is 3.06 bits per heavy atom. The second kappa shape index (κ2) is 4.80. The molecule has 1 saturated heterocycles. The molecular formula is C11H14ClN3O. The number of aromatic nitrogens is 1. The number of nitrogens with one attached hydrogen (secondary N) is 1. The highest BCUT2D eigenvalue weighted by atomic mass is 35.5. The fourth-order valence-electron chi connectivity index (χ4n) is 1.91. The van der Waals surface area contributed by atoms with Gasteiger partial charge in [0, 0.05) is 6.20 Å². The molecule has 1 unspecified atom stereocenters. The van der Waals surface area contributed by atoms with Gasteiger partial charge in [-0.25, -0.2) is 4.98 Å². The van der Waals surface area contributed by atoms with Crippen LogP contribution in [0.3, 0.4) is 0 Å². The lowest BCUT2D eigenvalue weighted by Gasteiger charge is -2.22. The Bertz CT molecular complexity index is 402. The highest BCUT2D eigenvalue weighted by Crippen LogP contribution is 2.19. The van der Waals surface area contributed by atoms with Crippen molar-refractivity contribution in [2.24, 2.45) is 0 Å². The monoisotopic (exact) mass is 239 g/mol. The van der Waals surface area contributed by atoms with Crippen molar-refractivity contribution < 1.29 is 4.79 Å². The van der Waals surface area contributed by atoms with Crippen molar-refractivity contribution >= 4 is 23.2 Å². The average molecular weight is 240 g/mol. The highest BCUT2D eigenvalue weighted by molar-refractivity contribution is 6.31. The van der Waals surface area contributed by atoms with Gasteiger partial charge >= 0.3 is 0 Å². The molecule has 1 aromatic heterocycles. The molecule has 0 bridgehead atoms. The molecular weight excluding hydrogens is 226 g/mol. The van der Waals surface area contributed by atoms with Gasteiger partial charge in [0.1, 0.15) is 5.82 Å². The Morgan fingerprint density at radius 2 is 2.38 bits per heavy atom. The molecule has 16 heavy (non-hydrogen) atoms. The summed E-state index contributed by atoms with van der Waals surface area (Å²) in [7, 11) is 0. The first-order valence-corrected chi connectivity index (χ1v) is 5.75. The Hall–Kier alpha value is -1.13. The van der Waals surface area contributed by atoms with Crippen molar-refractivity contribution in [3.05, 3.63) is 22.8 Å². The van der Waals surface area contributed by atoms with Crippen LogP contribution in [0.2, 0.25) is 5.02 Å². The number of Topliss-reactive ketones (excluding diaryl/α,β-unsaturated/α-hetero) is 1. The summed E-state index contributed by atoms with van der Waals surface area (Å²) < 4.78 is 0. The molecule has 2 rings (SSSR count). The maximum absolute atomic E-state index is 12.1. The fourth-order valence-corrected chi connectivity index (χ4v) is 2.07.